The van der Waals surface area contributed by atoms with Crippen molar-refractivity contribution in [3.05, 3.63) is 42.7 Å². The number of hydrogen-bond donors (Lipinski definition) is 0. The van der Waals surface area contributed by atoms with Gasteiger partial charge in [0, 0.05) is 6.20 Å². The van der Waals surface area contributed by atoms with Crippen molar-refractivity contribution in [3.8, 4) is 0 Å². The maximum absolute atomic E-state index is 5.83. The van der Waals surface area contributed by atoms with E-state index in [1.807, 2.05) is 6.07 Å². The summed E-state index contributed by atoms with van der Waals surface area (Å²) in [7, 11) is 0. The summed E-state index contributed by atoms with van der Waals surface area (Å²) in [5, 5.41) is 0. The molecule has 0 amide bonds. The second kappa shape index (κ2) is 4.96. The summed E-state index contributed by atoms with van der Waals surface area (Å²) in [4.78, 5) is 3.99. The van der Waals surface area contributed by atoms with Crippen LogP contribution >= 0.6 is 23.2 Å². The molecule has 1 aromatic heterocycles. The SMILES string of the molecule is C=CC(Cl)(Cl)c1ccccn1.[Ru+2]. The third kappa shape index (κ3) is 2.86. The Hall–Kier alpha value is 0.0934. The predicted octanol–water partition coefficient (Wildman–Crippen LogP) is 2.90. The fourth-order valence-electron chi connectivity index (χ4n) is 0.664. The number of halogens is 2. The van der Waals surface area contributed by atoms with Gasteiger partial charge < -0.3 is 0 Å². The molecule has 4 heteroatoms. The Bertz CT molecular complexity index is 248. The van der Waals surface area contributed by atoms with Crippen LogP contribution in [0.5, 0.6) is 0 Å². The number of aromatic nitrogens is 1. The van der Waals surface area contributed by atoms with Gasteiger partial charge in [-0.05, 0) is 18.2 Å². The summed E-state index contributed by atoms with van der Waals surface area (Å²) in [6, 6.07) is 5.38. The first kappa shape index (κ1) is 12.1. The molecule has 1 heterocycles. The first-order valence-electron chi connectivity index (χ1n) is 3.10. The molecule has 0 N–H and O–H groups in total. The Morgan fingerprint density at radius 2 is 2.08 bits per heavy atom. The van der Waals surface area contributed by atoms with E-state index in [9.17, 15) is 0 Å². The number of pyridine rings is 1. The Morgan fingerprint density at radius 3 is 2.50 bits per heavy atom. The van der Waals surface area contributed by atoms with Gasteiger partial charge in [-0.2, -0.15) is 0 Å². The van der Waals surface area contributed by atoms with Gasteiger partial charge >= 0.3 is 19.5 Å². The van der Waals surface area contributed by atoms with Crippen LogP contribution in [0.25, 0.3) is 0 Å². The van der Waals surface area contributed by atoms with E-state index in [1.165, 1.54) is 6.08 Å². The molecule has 0 atom stereocenters. The van der Waals surface area contributed by atoms with Gasteiger partial charge in [-0.1, -0.05) is 35.8 Å². The second-order valence-corrected chi connectivity index (χ2v) is 3.43. The first-order valence-corrected chi connectivity index (χ1v) is 3.85. The van der Waals surface area contributed by atoms with Crippen molar-refractivity contribution < 1.29 is 19.5 Å². The molecule has 0 aromatic carbocycles. The molecule has 0 aliphatic rings. The Labute approximate surface area is 94.5 Å². The van der Waals surface area contributed by atoms with Crippen LogP contribution in [-0.4, -0.2) is 4.98 Å². The van der Waals surface area contributed by atoms with Crippen LogP contribution in [0.4, 0.5) is 0 Å². The molecule has 64 valence electrons. The molecule has 1 nitrogen and oxygen atoms in total. The van der Waals surface area contributed by atoms with Crippen LogP contribution in [0.15, 0.2) is 37.1 Å². The molecule has 0 aliphatic carbocycles. The number of alkyl halides is 2. The van der Waals surface area contributed by atoms with Crippen molar-refractivity contribution in [3.63, 3.8) is 0 Å². The molecule has 1 rings (SSSR count). The van der Waals surface area contributed by atoms with Crippen LogP contribution in [0, 0.1) is 0 Å². The maximum atomic E-state index is 5.83. The number of allylic oxidation sites excluding steroid dienone is 1. The predicted molar refractivity (Wildman–Crippen MR) is 47.8 cm³/mol. The quantitative estimate of drug-likeness (QED) is 0.463. The molecule has 0 bridgehead atoms. The van der Waals surface area contributed by atoms with Gasteiger partial charge in [0.15, 0.2) is 4.33 Å². The molecular formula is C8H7Cl2NRu+2. The summed E-state index contributed by atoms with van der Waals surface area (Å²) in [5.74, 6) is 0. The van der Waals surface area contributed by atoms with E-state index in [2.05, 4.69) is 11.6 Å². The van der Waals surface area contributed by atoms with E-state index in [-0.39, 0.29) is 19.5 Å². The van der Waals surface area contributed by atoms with Crippen molar-refractivity contribution in [1.82, 2.24) is 4.98 Å². The normalized spacial score (nSPS) is 10.2. The summed E-state index contributed by atoms with van der Waals surface area (Å²) in [6.07, 6.45) is 3.08. The van der Waals surface area contributed by atoms with E-state index in [4.69, 9.17) is 23.2 Å². The summed E-state index contributed by atoms with van der Waals surface area (Å²) >= 11 is 11.7. The van der Waals surface area contributed by atoms with E-state index in [1.54, 1.807) is 18.3 Å². The summed E-state index contributed by atoms with van der Waals surface area (Å²) in [6.45, 7) is 3.50. The molecular weight excluding hydrogens is 282 g/mol. The Balaban J connectivity index is 0.00000121. The third-order valence-electron chi connectivity index (χ3n) is 1.26. The largest absolute Gasteiger partial charge is 2.00 e. The molecule has 0 aliphatic heterocycles. The van der Waals surface area contributed by atoms with E-state index in [0.29, 0.717) is 5.69 Å². The molecule has 0 fully saturated rings. The van der Waals surface area contributed by atoms with Gasteiger partial charge in [-0.3, -0.25) is 4.98 Å². The van der Waals surface area contributed by atoms with E-state index >= 15 is 0 Å². The van der Waals surface area contributed by atoms with Gasteiger partial charge in [-0.25, -0.2) is 0 Å². The molecule has 0 saturated heterocycles. The zero-order valence-corrected chi connectivity index (χ0v) is 9.40. The zero-order valence-electron chi connectivity index (χ0n) is 6.15. The van der Waals surface area contributed by atoms with E-state index in [0.717, 1.165) is 0 Å². The minimum atomic E-state index is -1.07. The minimum absolute atomic E-state index is 0. The smallest absolute Gasteiger partial charge is 0.258 e. The number of hydrogen-bond acceptors (Lipinski definition) is 1. The second-order valence-electron chi connectivity index (χ2n) is 2.04. The van der Waals surface area contributed by atoms with Crippen LogP contribution in [-0.2, 0) is 23.8 Å². The van der Waals surface area contributed by atoms with Crippen LogP contribution in [0.3, 0.4) is 0 Å². The van der Waals surface area contributed by atoms with Gasteiger partial charge in [-0.15, -0.1) is 0 Å². The molecule has 12 heavy (non-hydrogen) atoms. The van der Waals surface area contributed by atoms with Crippen molar-refractivity contribution >= 4 is 23.2 Å². The fraction of sp³-hybridized carbons (Fsp3) is 0.125. The standard InChI is InChI=1S/C8H7Cl2N.Ru/c1-2-8(9,10)7-5-3-4-6-11-7;/h2-6H,1H2;/q;+2. The van der Waals surface area contributed by atoms with Gasteiger partial charge in [0.05, 0.1) is 5.69 Å². The maximum Gasteiger partial charge on any atom is 2.00 e. The Kier molecular flexibility index (Phi) is 5.00. The minimum Gasteiger partial charge on any atom is -0.258 e. The molecule has 0 spiro atoms. The van der Waals surface area contributed by atoms with Crippen molar-refractivity contribution in [2.45, 2.75) is 4.33 Å². The van der Waals surface area contributed by atoms with Crippen LogP contribution in [0.2, 0.25) is 0 Å². The van der Waals surface area contributed by atoms with Crippen molar-refractivity contribution in [1.29, 1.82) is 0 Å². The van der Waals surface area contributed by atoms with Gasteiger partial charge in [0.25, 0.3) is 0 Å². The summed E-state index contributed by atoms with van der Waals surface area (Å²) < 4.78 is -1.07. The van der Waals surface area contributed by atoms with E-state index < -0.39 is 4.33 Å². The first-order chi connectivity index (χ1) is 5.17. The van der Waals surface area contributed by atoms with Crippen LogP contribution in [0.1, 0.15) is 5.69 Å². The topological polar surface area (TPSA) is 12.9 Å². The molecule has 0 saturated carbocycles. The van der Waals surface area contributed by atoms with Crippen molar-refractivity contribution in [2.24, 2.45) is 0 Å². The molecule has 1 aromatic rings. The van der Waals surface area contributed by atoms with Crippen LogP contribution < -0.4 is 0 Å². The summed E-state index contributed by atoms with van der Waals surface area (Å²) in [5.41, 5.74) is 0.596. The average molecular weight is 289 g/mol. The third-order valence-corrected chi connectivity index (χ3v) is 1.96. The monoisotopic (exact) mass is 289 g/mol. The Morgan fingerprint density at radius 1 is 1.42 bits per heavy atom. The van der Waals surface area contributed by atoms with Gasteiger partial charge in [0.1, 0.15) is 0 Å². The number of nitrogens with zero attached hydrogens (tertiary/aromatic N) is 1. The fourth-order valence-corrected chi connectivity index (χ4v) is 0.888. The molecule has 0 radical (unpaired) electrons. The number of rotatable bonds is 2. The van der Waals surface area contributed by atoms with Crippen molar-refractivity contribution in [2.75, 3.05) is 0 Å². The molecule has 0 unspecified atom stereocenters. The zero-order chi connectivity index (χ0) is 8.32. The van der Waals surface area contributed by atoms with Gasteiger partial charge in [0.2, 0.25) is 0 Å². The average Bonchev–Trinajstić information content (AvgIpc) is 2.06.